The van der Waals surface area contributed by atoms with Crippen molar-refractivity contribution < 1.29 is 37.4 Å². The summed E-state index contributed by atoms with van der Waals surface area (Å²) in [5, 5.41) is 5.08. The number of carbonyl (C=O) groups is 3. The summed E-state index contributed by atoms with van der Waals surface area (Å²) in [6, 6.07) is 0. The first-order valence-corrected chi connectivity index (χ1v) is 14.5. The molecule has 12 heteroatoms. The average molecular weight is 584 g/mol. The van der Waals surface area contributed by atoms with E-state index in [9.17, 15) is 23.2 Å². The average Bonchev–Trinajstić information content (AvgIpc) is 2.86. The first kappa shape index (κ1) is 29.7. The van der Waals surface area contributed by atoms with Gasteiger partial charge < -0.3 is 24.8 Å². The summed E-state index contributed by atoms with van der Waals surface area (Å²) in [5.41, 5.74) is -1.35. The maximum atomic E-state index is 13.9. The number of amides is 2. The van der Waals surface area contributed by atoms with Crippen LogP contribution in [0.5, 0.6) is 0 Å². The van der Waals surface area contributed by atoms with Crippen molar-refractivity contribution in [3.63, 3.8) is 0 Å². The Morgan fingerprint density at radius 2 is 1.32 bits per heavy atom. The molecule has 0 aliphatic heterocycles. The number of ether oxygens (including phenoxy) is 3. The SMILES string of the molecule is CC(=O)O[C@H]1CC2(NC(=O)COC3CCC(Cl)C(F)C3)CCC1(NC(=O)COC1CCC(Cl)C(F)C1)CC2. The van der Waals surface area contributed by atoms with Gasteiger partial charge in [-0.15, -0.1) is 23.2 Å². The number of fused-ring (bicyclic) bond motifs is 3. The van der Waals surface area contributed by atoms with Gasteiger partial charge in [-0.3, -0.25) is 14.4 Å². The maximum absolute atomic E-state index is 13.9. The molecule has 5 fully saturated rings. The number of esters is 1. The molecule has 0 aromatic carbocycles. The molecule has 0 heterocycles. The van der Waals surface area contributed by atoms with Crippen LogP contribution in [0.25, 0.3) is 0 Å². The van der Waals surface area contributed by atoms with Gasteiger partial charge in [0.2, 0.25) is 11.8 Å². The van der Waals surface area contributed by atoms with Gasteiger partial charge in [0.1, 0.15) is 31.7 Å². The summed E-state index contributed by atoms with van der Waals surface area (Å²) in [6.45, 7) is 0.909. The summed E-state index contributed by atoms with van der Waals surface area (Å²) in [4.78, 5) is 37.5. The summed E-state index contributed by atoms with van der Waals surface area (Å²) in [6.07, 6.45) is 1.45. The van der Waals surface area contributed by atoms with E-state index in [0.717, 1.165) is 0 Å². The first-order chi connectivity index (χ1) is 18.0. The van der Waals surface area contributed by atoms with E-state index in [1.54, 1.807) is 0 Å². The molecule has 0 saturated heterocycles. The van der Waals surface area contributed by atoms with E-state index in [1.807, 2.05) is 0 Å². The quantitative estimate of drug-likeness (QED) is 0.318. The van der Waals surface area contributed by atoms with Crippen molar-refractivity contribution >= 4 is 41.0 Å². The van der Waals surface area contributed by atoms with Crippen molar-refractivity contribution in [1.29, 1.82) is 0 Å². The number of halogens is 4. The van der Waals surface area contributed by atoms with Crippen LogP contribution in [0, 0.1) is 0 Å². The van der Waals surface area contributed by atoms with E-state index in [4.69, 9.17) is 37.4 Å². The third-order valence-corrected chi connectivity index (χ3v) is 9.57. The number of rotatable bonds is 9. The molecule has 5 aliphatic carbocycles. The summed E-state index contributed by atoms with van der Waals surface area (Å²) in [5.74, 6) is -1.13. The van der Waals surface area contributed by atoms with E-state index >= 15 is 0 Å². The molecule has 38 heavy (non-hydrogen) atoms. The molecule has 0 aromatic heterocycles. The fourth-order valence-corrected chi connectivity index (χ4v) is 6.87. The number of hydrogen-bond acceptors (Lipinski definition) is 6. The molecule has 0 spiro atoms. The largest absolute Gasteiger partial charge is 0.460 e. The van der Waals surface area contributed by atoms with Crippen LogP contribution in [0.4, 0.5) is 8.78 Å². The third-order valence-electron chi connectivity index (χ3n) is 8.58. The molecular formula is C26H38Cl2F2N2O6. The number of alkyl halides is 4. The zero-order valence-corrected chi connectivity index (χ0v) is 23.2. The van der Waals surface area contributed by atoms with Gasteiger partial charge in [-0.2, -0.15) is 0 Å². The van der Waals surface area contributed by atoms with Crippen LogP contribution >= 0.6 is 23.2 Å². The lowest BCUT2D eigenvalue weighted by molar-refractivity contribution is -0.165. The fourth-order valence-electron chi connectivity index (χ4n) is 6.41. The van der Waals surface area contributed by atoms with Crippen LogP contribution in [-0.4, -0.2) is 83.5 Å². The second kappa shape index (κ2) is 12.5. The molecule has 8 nitrogen and oxygen atoms in total. The fraction of sp³-hybridized carbons (Fsp3) is 0.885. The van der Waals surface area contributed by atoms with Crippen LogP contribution in [-0.2, 0) is 28.6 Å². The number of nitrogens with one attached hydrogen (secondary N) is 2. The van der Waals surface area contributed by atoms with Gasteiger partial charge in [-0.05, 0) is 51.4 Å². The molecular weight excluding hydrogens is 545 g/mol. The minimum absolute atomic E-state index is 0.164. The topological polar surface area (TPSA) is 103 Å². The zero-order chi connectivity index (χ0) is 27.5. The predicted octanol–water partition coefficient (Wildman–Crippen LogP) is 3.64. The third kappa shape index (κ3) is 7.29. The molecule has 5 rings (SSSR count). The van der Waals surface area contributed by atoms with Gasteiger partial charge in [-0.25, -0.2) is 8.78 Å². The van der Waals surface area contributed by atoms with Crippen molar-refractivity contribution in [1.82, 2.24) is 10.6 Å². The van der Waals surface area contributed by atoms with E-state index in [2.05, 4.69) is 10.6 Å². The van der Waals surface area contributed by atoms with Crippen molar-refractivity contribution in [3.8, 4) is 0 Å². The molecule has 7 atom stereocenters. The van der Waals surface area contributed by atoms with Crippen LogP contribution in [0.3, 0.4) is 0 Å². The molecule has 5 aliphatic rings. The monoisotopic (exact) mass is 582 g/mol. The molecule has 5 saturated carbocycles. The Morgan fingerprint density at radius 3 is 1.79 bits per heavy atom. The van der Waals surface area contributed by atoms with Gasteiger partial charge in [0.15, 0.2) is 0 Å². The second-order valence-electron chi connectivity index (χ2n) is 11.4. The number of carbonyl (C=O) groups excluding carboxylic acids is 3. The second-order valence-corrected chi connectivity index (χ2v) is 12.5. The van der Waals surface area contributed by atoms with Crippen molar-refractivity contribution in [2.24, 2.45) is 0 Å². The molecule has 6 unspecified atom stereocenters. The zero-order valence-electron chi connectivity index (χ0n) is 21.7. The first-order valence-electron chi connectivity index (χ1n) is 13.6. The molecule has 216 valence electrons. The summed E-state index contributed by atoms with van der Waals surface area (Å²) in [7, 11) is 0. The molecule has 0 radical (unpaired) electrons. The Bertz CT molecular complexity index is 875. The Kier molecular flexibility index (Phi) is 9.80. The molecule has 2 N–H and O–H groups in total. The summed E-state index contributed by atoms with van der Waals surface area (Å²) >= 11 is 11.9. The van der Waals surface area contributed by atoms with Crippen molar-refractivity contribution in [3.05, 3.63) is 0 Å². The van der Waals surface area contributed by atoms with E-state index < -0.39 is 46.2 Å². The highest BCUT2D eigenvalue weighted by Gasteiger charge is 2.57. The minimum atomic E-state index is -1.16. The Morgan fingerprint density at radius 1 is 0.816 bits per heavy atom. The lowest BCUT2D eigenvalue weighted by Crippen LogP contribution is -2.71. The van der Waals surface area contributed by atoms with Crippen LogP contribution in [0.2, 0.25) is 0 Å². The van der Waals surface area contributed by atoms with Gasteiger partial charge in [-0.1, -0.05) is 0 Å². The number of hydrogen-bond donors (Lipinski definition) is 2. The van der Waals surface area contributed by atoms with Crippen LogP contribution < -0.4 is 10.6 Å². The van der Waals surface area contributed by atoms with E-state index in [0.29, 0.717) is 57.8 Å². The highest BCUT2D eigenvalue weighted by molar-refractivity contribution is 6.21. The normalized spacial score (nSPS) is 40.8. The van der Waals surface area contributed by atoms with Gasteiger partial charge in [0.05, 0.1) is 28.5 Å². The van der Waals surface area contributed by atoms with Crippen molar-refractivity contribution in [2.45, 2.75) is 130 Å². The summed E-state index contributed by atoms with van der Waals surface area (Å²) < 4.78 is 44.7. The lowest BCUT2D eigenvalue weighted by Gasteiger charge is -2.57. The minimum Gasteiger partial charge on any atom is -0.460 e. The Hall–Kier alpha value is -1.23. The van der Waals surface area contributed by atoms with Gasteiger partial charge in [0, 0.05) is 31.7 Å². The van der Waals surface area contributed by atoms with Crippen LogP contribution in [0.15, 0.2) is 0 Å². The highest BCUT2D eigenvalue weighted by Crippen LogP contribution is 2.48. The standard InChI is InChI=1S/C26H38Cl2F2N2O6/c1-15(33)38-22-12-25(31-23(34)13-36-16-2-4-18(27)20(29)10-16)6-8-26(22,9-7-25)32-24(35)14-37-17-3-5-19(28)21(30)11-17/h16-22H,2-14H2,1H3,(H,31,34)(H,32,35)/t16?,17?,18?,19?,20?,21?,22-,25?,26?/m0/s1. The smallest absolute Gasteiger partial charge is 0.302 e. The Labute approximate surface area is 232 Å². The van der Waals surface area contributed by atoms with E-state index in [-0.39, 0.29) is 50.1 Å². The highest BCUT2D eigenvalue weighted by atomic mass is 35.5. The molecule has 2 bridgehead atoms. The lowest BCUT2D eigenvalue weighted by atomic mass is 9.59. The maximum Gasteiger partial charge on any atom is 0.302 e. The molecule has 0 aromatic rings. The van der Waals surface area contributed by atoms with Gasteiger partial charge >= 0.3 is 5.97 Å². The van der Waals surface area contributed by atoms with Gasteiger partial charge in [0.25, 0.3) is 0 Å². The van der Waals surface area contributed by atoms with E-state index in [1.165, 1.54) is 6.92 Å². The predicted molar refractivity (Wildman–Crippen MR) is 137 cm³/mol. The van der Waals surface area contributed by atoms with Crippen LogP contribution in [0.1, 0.15) is 77.6 Å². The Balaban J connectivity index is 1.29. The molecule has 2 amide bonds. The van der Waals surface area contributed by atoms with Crippen molar-refractivity contribution in [2.75, 3.05) is 13.2 Å².